The van der Waals surface area contributed by atoms with Gasteiger partial charge in [-0.2, -0.15) is 0 Å². The third-order valence-corrected chi connectivity index (χ3v) is 4.63. The van der Waals surface area contributed by atoms with Gasteiger partial charge in [0.05, 0.1) is 18.2 Å². The summed E-state index contributed by atoms with van der Waals surface area (Å²) in [6.07, 6.45) is 0.791. The third kappa shape index (κ3) is 5.64. The number of primary amides is 1. The zero-order valence-corrected chi connectivity index (χ0v) is 15.9. The van der Waals surface area contributed by atoms with E-state index in [1.807, 2.05) is 11.0 Å². The molecule has 3 rings (SSSR count). The molecule has 2 heterocycles. The Morgan fingerprint density at radius 2 is 2.14 bits per heavy atom. The van der Waals surface area contributed by atoms with Crippen LogP contribution in [0.3, 0.4) is 0 Å². The van der Waals surface area contributed by atoms with Crippen LogP contribution >= 0.6 is 0 Å². The first kappa shape index (κ1) is 20.5. The highest BCUT2D eigenvalue weighted by Gasteiger charge is 2.23. The standard InChI is InChI=1S/C20H24FN5O3/c21-14-3-1-2-13(10-14)6-8-23-19-16(20(29)24-11-17(22)28)4-5-18(25-19)26-9-7-15(27)12-26/h1-5,10,15,27H,6-9,11-12H2,(H2,22,28)(H,23,25)(H,24,29)/t15-/m1/s1. The van der Waals surface area contributed by atoms with Crippen LogP contribution in [0.5, 0.6) is 0 Å². The van der Waals surface area contributed by atoms with Gasteiger partial charge in [-0.15, -0.1) is 0 Å². The second-order valence-corrected chi connectivity index (χ2v) is 6.91. The molecule has 1 aliphatic heterocycles. The van der Waals surface area contributed by atoms with Crippen molar-refractivity contribution >= 4 is 23.5 Å². The summed E-state index contributed by atoms with van der Waals surface area (Å²) in [5.41, 5.74) is 6.18. The number of rotatable bonds is 8. The lowest BCUT2D eigenvalue weighted by molar-refractivity contribution is -0.117. The number of hydrogen-bond acceptors (Lipinski definition) is 6. The first-order valence-corrected chi connectivity index (χ1v) is 9.41. The molecule has 1 aromatic heterocycles. The summed E-state index contributed by atoms with van der Waals surface area (Å²) >= 11 is 0. The number of anilines is 2. The minimum atomic E-state index is -0.644. The lowest BCUT2D eigenvalue weighted by Crippen LogP contribution is -2.34. The van der Waals surface area contributed by atoms with Gasteiger partial charge in [0, 0.05) is 19.6 Å². The lowest BCUT2D eigenvalue weighted by atomic mass is 10.1. The second-order valence-electron chi connectivity index (χ2n) is 6.91. The average Bonchev–Trinajstić information content (AvgIpc) is 3.12. The molecule has 2 amide bonds. The van der Waals surface area contributed by atoms with E-state index < -0.39 is 17.9 Å². The maximum atomic E-state index is 13.3. The van der Waals surface area contributed by atoms with Crippen molar-refractivity contribution in [3.8, 4) is 0 Å². The van der Waals surface area contributed by atoms with Crippen LogP contribution in [0.1, 0.15) is 22.3 Å². The molecule has 1 atom stereocenters. The number of nitrogens with zero attached hydrogens (tertiary/aromatic N) is 2. The maximum absolute atomic E-state index is 13.3. The number of amides is 2. The van der Waals surface area contributed by atoms with Crippen molar-refractivity contribution < 1.29 is 19.1 Å². The molecule has 2 aromatic rings. The van der Waals surface area contributed by atoms with Gasteiger partial charge in [-0.05, 0) is 42.7 Å². The molecule has 9 heteroatoms. The quantitative estimate of drug-likeness (QED) is 0.516. The number of nitrogens with two attached hydrogens (primary N) is 1. The number of carbonyl (C=O) groups excluding carboxylic acids is 2. The fourth-order valence-corrected chi connectivity index (χ4v) is 3.17. The van der Waals surface area contributed by atoms with Crippen molar-refractivity contribution in [3.05, 3.63) is 53.3 Å². The lowest BCUT2D eigenvalue weighted by Gasteiger charge is -2.19. The molecule has 0 aliphatic carbocycles. The summed E-state index contributed by atoms with van der Waals surface area (Å²) in [5, 5.41) is 15.3. The van der Waals surface area contributed by atoms with Crippen molar-refractivity contribution in [1.29, 1.82) is 0 Å². The van der Waals surface area contributed by atoms with E-state index >= 15 is 0 Å². The van der Waals surface area contributed by atoms with E-state index in [2.05, 4.69) is 15.6 Å². The Morgan fingerprint density at radius 1 is 1.31 bits per heavy atom. The van der Waals surface area contributed by atoms with Crippen LogP contribution in [0.25, 0.3) is 0 Å². The van der Waals surface area contributed by atoms with E-state index in [9.17, 15) is 19.1 Å². The predicted molar refractivity (Wildman–Crippen MR) is 107 cm³/mol. The molecule has 0 bridgehead atoms. The number of aliphatic hydroxyl groups is 1. The van der Waals surface area contributed by atoms with E-state index in [0.717, 1.165) is 5.56 Å². The number of aliphatic hydroxyl groups excluding tert-OH is 1. The van der Waals surface area contributed by atoms with Crippen LogP contribution in [0.4, 0.5) is 16.0 Å². The Balaban J connectivity index is 1.75. The van der Waals surface area contributed by atoms with E-state index in [1.54, 1.807) is 18.2 Å². The van der Waals surface area contributed by atoms with Gasteiger partial charge in [0.1, 0.15) is 17.5 Å². The van der Waals surface area contributed by atoms with E-state index in [1.165, 1.54) is 12.1 Å². The van der Waals surface area contributed by atoms with Gasteiger partial charge in [0.2, 0.25) is 5.91 Å². The topological polar surface area (TPSA) is 121 Å². The third-order valence-electron chi connectivity index (χ3n) is 4.63. The van der Waals surface area contributed by atoms with Gasteiger partial charge >= 0.3 is 0 Å². The summed E-state index contributed by atoms with van der Waals surface area (Å²) in [6, 6.07) is 9.62. The van der Waals surface area contributed by atoms with E-state index in [4.69, 9.17) is 5.73 Å². The fourth-order valence-electron chi connectivity index (χ4n) is 3.17. The summed E-state index contributed by atoms with van der Waals surface area (Å²) < 4.78 is 13.3. The first-order valence-electron chi connectivity index (χ1n) is 9.41. The molecule has 0 unspecified atom stereocenters. The minimum Gasteiger partial charge on any atom is -0.391 e. The van der Waals surface area contributed by atoms with Crippen molar-refractivity contribution in [2.24, 2.45) is 5.73 Å². The van der Waals surface area contributed by atoms with Crippen LogP contribution < -0.4 is 21.3 Å². The molecule has 8 nitrogen and oxygen atoms in total. The fraction of sp³-hybridized carbons (Fsp3) is 0.350. The predicted octanol–water partition coefficient (Wildman–Crippen LogP) is 0.661. The molecule has 5 N–H and O–H groups in total. The molecule has 1 fully saturated rings. The molecule has 1 aromatic carbocycles. The Morgan fingerprint density at radius 3 is 2.83 bits per heavy atom. The van der Waals surface area contributed by atoms with Crippen LogP contribution in [-0.4, -0.2) is 54.2 Å². The van der Waals surface area contributed by atoms with E-state index in [-0.39, 0.29) is 17.9 Å². The zero-order chi connectivity index (χ0) is 20.8. The molecular formula is C20H24FN5O3. The van der Waals surface area contributed by atoms with Crippen LogP contribution in [0.2, 0.25) is 0 Å². The molecule has 0 saturated carbocycles. The average molecular weight is 401 g/mol. The second kappa shape index (κ2) is 9.33. The Bertz CT molecular complexity index is 892. The Hall–Kier alpha value is -3.20. The normalized spacial score (nSPS) is 15.9. The highest BCUT2D eigenvalue weighted by molar-refractivity contribution is 6.00. The zero-order valence-electron chi connectivity index (χ0n) is 15.9. The number of halogens is 1. The molecular weight excluding hydrogens is 377 g/mol. The highest BCUT2D eigenvalue weighted by Crippen LogP contribution is 2.23. The number of carbonyl (C=O) groups is 2. The number of pyridine rings is 1. The summed E-state index contributed by atoms with van der Waals surface area (Å²) in [5.74, 6) is -0.433. The van der Waals surface area contributed by atoms with Crippen molar-refractivity contribution in [2.45, 2.75) is 18.9 Å². The van der Waals surface area contributed by atoms with Crippen molar-refractivity contribution in [2.75, 3.05) is 36.4 Å². The van der Waals surface area contributed by atoms with Gasteiger partial charge < -0.3 is 26.4 Å². The van der Waals surface area contributed by atoms with Crippen LogP contribution in [0.15, 0.2) is 36.4 Å². The molecule has 29 heavy (non-hydrogen) atoms. The van der Waals surface area contributed by atoms with Gasteiger partial charge in [-0.3, -0.25) is 9.59 Å². The van der Waals surface area contributed by atoms with Crippen LogP contribution in [-0.2, 0) is 11.2 Å². The first-order chi connectivity index (χ1) is 13.9. The van der Waals surface area contributed by atoms with E-state index in [0.29, 0.717) is 44.1 Å². The van der Waals surface area contributed by atoms with Gasteiger partial charge in [0.15, 0.2) is 0 Å². The van der Waals surface area contributed by atoms with Gasteiger partial charge in [0.25, 0.3) is 5.91 Å². The Labute approximate surface area is 167 Å². The highest BCUT2D eigenvalue weighted by atomic mass is 19.1. The molecule has 154 valence electrons. The Kier molecular flexibility index (Phi) is 6.61. The summed E-state index contributed by atoms with van der Waals surface area (Å²) in [6.45, 7) is 1.30. The van der Waals surface area contributed by atoms with Crippen LogP contribution in [0, 0.1) is 5.82 Å². The molecule has 1 aliphatic rings. The number of β-amino-alcohol motifs (C(OH)–C–C–N with tert-alkyl or cyclic N) is 1. The molecule has 0 spiro atoms. The smallest absolute Gasteiger partial charge is 0.255 e. The largest absolute Gasteiger partial charge is 0.391 e. The van der Waals surface area contributed by atoms with Gasteiger partial charge in [-0.1, -0.05) is 12.1 Å². The number of nitrogens with one attached hydrogen (secondary N) is 2. The maximum Gasteiger partial charge on any atom is 0.255 e. The van der Waals surface area contributed by atoms with Gasteiger partial charge in [-0.25, -0.2) is 9.37 Å². The van der Waals surface area contributed by atoms with Crippen molar-refractivity contribution in [1.82, 2.24) is 10.3 Å². The monoisotopic (exact) mass is 401 g/mol. The van der Waals surface area contributed by atoms with Crippen molar-refractivity contribution in [3.63, 3.8) is 0 Å². The molecule has 1 saturated heterocycles. The number of benzene rings is 1. The SMILES string of the molecule is NC(=O)CNC(=O)c1ccc(N2CC[C@@H](O)C2)nc1NCCc1cccc(F)c1. The number of hydrogen-bond donors (Lipinski definition) is 4. The summed E-state index contributed by atoms with van der Waals surface area (Å²) in [4.78, 5) is 29.9. The minimum absolute atomic E-state index is 0.272. The number of aromatic nitrogens is 1. The molecule has 0 radical (unpaired) electrons. The summed E-state index contributed by atoms with van der Waals surface area (Å²) in [7, 11) is 0.